The number of aryl methyl sites for hydroxylation is 1. The predicted molar refractivity (Wildman–Crippen MR) is 131 cm³/mol. The number of hydrogen-bond acceptors (Lipinski definition) is 4. The van der Waals surface area contributed by atoms with E-state index in [0.29, 0.717) is 6.61 Å². The van der Waals surface area contributed by atoms with Gasteiger partial charge in [-0.25, -0.2) is 0 Å². The lowest BCUT2D eigenvalue weighted by molar-refractivity contribution is -0.122. The molecular weight excluding hydrogens is 404 g/mol. The van der Waals surface area contributed by atoms with Crippen LogP contribution in [0.3, 0.4) is 0 Å². The fraction of sp³-hybridized carbons (Fsp3) is 0.385. The lowest BCUT2D eigenvalue weighted by atomic mass is 10.1. The maximum Gasteiger partial charge on any atom is 0.266 e. The Balaban J connectivity index is 1.72. The monoisotopic (exact) mass is 436 g/mol. The number of amides is 1. The van der Waals surface area contributed by atoms with Gasteiger partial charge in [-0.3, -0.25) is 14.7 Å². The second-order valence-corrected chi connectivity index (χ2v) is 8.79. The van der Waals surface area contributed by atoms with E-state index < -0.39 is 0 Å². The molecule has 0 aliphatic carbocycles. The highest BCUT2D eigenvalue weighted by atomic mass is 32.2. The predicted octanol–water partition coefficient (Wildman–Crippen LogP) is 6.45. The van der Waals surface area contributed by atoms with E-state index in [2.05, 4.69) is 45.0 Å². The number of carbonyl (C=O) groups is 1. The highest BCUT2D eigenvalue weighted by Crippen LogP contribution is 2.33. The average Bonchev–Trinajstić information content (AvgIpc) is 3.06. The fourth-order valence-corrected chi connectivity index (χ4v) is 4.20. The largest absolute Gasteiger partial charge is 0.489 e. The van der Waals surface area contributed by atoms with Crippen molar-refractivity contribution in [2.75, 3.05) is 13.1 Å². The summed E-state index contributed by atoms with van der Waals surface area (Å²) in [5.41, 5.74) is 3.33. The molecule has 164 valence electrons. The summed E-state index contributed by atoms with van der Waals surface area (Å²) >= 11 is 1.49. The number of benzene rings is 2. The van der Waals surface area contributed by atoms with Crippen molar-refractivity contribution in [3.8, 4) is 5.75 Å². The highest BCUT2D eigenvalue weighted by molar-refractivity contribution is 8.18. The minimum absolute atomic E-state index is 0.0553. The standard InChI is InChI=1S/C26H32N2O2S/c1-4-6-15-27-26-28(16-7-5-2)25(29)24(31-26)18-22-9-8-10-23(17-22)30-19-21-13-11-20(3)12-14-21/h8-14,17-18H,4-7,15-16,19H2,1-3H3/b24-18-,27-26?. The molecule has 0 radical (unpaired) electrons. The molecule has 0 unspecified atom stereocenters. The minimum atomic E-state index is 0.0553. The van der Waals surface area contributed by atoms with Crippen LogP contribution in [0.5, 0.6) is 5.75 Å². The van der Waals surface area contributed by atoms with E-state index in [0.717, 1.165) is 65.7 Å². The lowest BCUT2D eigenvalue weighted by Crippen LogP contribution is -2.30. The molecular formula is C26H32N2O2S. The van der Waals surface area contributed by atoms with E-state index in [1.54, 1.807) is 0 Å². The zero-order valence-corrected chi connectivity index (χ0v) is 19.6. The molecule has 0 bridgehead atoms. The van der Waals surface area contributed by atoms with Crippen LogP contribution in [0.1, 0.15) is 56.2 Å². The molecule has 1 heterocycles. The van der Waals surface area contributed by atoms with Crippen LogP contribution >= 0.6 is 11.8 Å². The molecule has 2 aromatic carbocycles. The second kappa shape index (κ2) is 11.8. The van der Waals surface area contributed by atoms with Gasteiger partial charge in [0.05, 0.1) is 4.91 Å². The molecule has 0 N–H and O–H groups in total. The van der Waals surface area contributed by atoms with Crippen LogP contribution in [0.25, 0.3) is 6.08 Å². The highest BCUT2D eigenvalue weighted by Gasteiger charge is 2.32. The molecule has 1 amide bonds. The summed E-state index contributed by atoms with van der Waals surface area (Å²) in [7, 11) is 0. The van der Waals surface area contributed by atoms with Crippen LogP contribution in [0.15, 0.2) is 58.4 Å². The number of unbranched alkanes of at least 4 members (excludes halogenated alkanes) is 2. The zero-order chi connectivity index (χ0) is 22.1. The second-order valence-electron chi connectivity index (χ2n) is 7.79. The molecule has 1 saturated heterocycles. The van der Waals surface area contributed by atoms with Crippen LogP contribution in [0, 0.1) is 6.92 Å². The molecule has 0 atom stereocenters. The van der Waals surface area contributed by atoms with E-state index in [1.807, 2.05) is 35.2 Å². The number of thioether (sulfide) groups is 1. The van der Waals surface area contributed by atoms with Crippen molar-refractivity contribution in [2.24, 2.45) is 4.99 Å². The number of hydrogen-bond donors (Lipinski definition) is 0. The van der Waals surface area contributed by atoms with Gasteiger partial charge in [0.2, 0.25) is 0 Å². The maximum atomic E-state index is 13.0. The van der Waals surface area contributed by atoms with Crippen molar-refractivity contribution in [3.05, 3.63) is 70.1 Å². The third-order valence-corrected chi connectivity index (χ3v) is 6.11. The SMILES string of the molecule is CCCCN=C1S/C(=C\c2cccc(OCc3ccc(C)cc3)c2)C(=O)N1CCCC. The Morgan fingerprint density at radius 3 is 2.58 bits per heavy atom. The minimum Gasteiger partial charge on any atom is -0.489 e. The number of aliphatic imine (C=N–C) groups is 1. The Morgan fingerprint density at radius 1 is 1.06 bits per heavy atom. The van der Waals surface area contributed by atoms with Crippen LogP contribution in [-0.2, 0) is 11.4 Å². The number of amidine groups is 1. The lowest BCUT2D eigenvalue weighted by Gasteiger charge is -2.14. The van der Waals surface area contributed by atoms with Crippen molar-refractivity contribution in [2.45, 2.75) is 53.1 Å². The van der Waals surface area contributed by atoms with Gasteiger partial charge in [-0.1, -0.05) is 68.7 Å². The van der Waals surface area contributed by atoms with Gasteiger partial charge in [0.25, 0.3) is 5.91 Å². The molecule has 0 saturated carbocycles. The van der Waals surface area contributed by atoms with Crippen molar-refractivity contribution in [1.82, 2.24) is 4.90 Å². The number of ether oxygens (including phenoxy) is 1. The van der Waals surface area contributed by atoms with Crippen molar-refractivity contribution < 1.29 is 9.53 Å². The van der Waals surface area contributed by atoms with Gasteiger partial charge >= 0.3 is 0 Å². The zero-order valence-electron chi connectivity index (χ0n) is 18.8. The molecule has 3 rings (SSSR count). The third kappa shape index (κ3) is 6.73. The van der Waals surface area contributed by atoms with E-state index in [-0.39, 0.29) is 5.91 Å². The molecule has 1 aliphatic rings. The first kappa shape index (κ1) is 23.1. The Kier molecular flexibility index (Phi) is 8.77. The molecule has 1 fully saturated rings. The van der Waals surface area contributed by atoms with E-state index in [9.17, 15) is 4.79 Å². The van der Waals surface area contributed by atoms with Crippen molar-refractivity contribution >= 4 is 28.9 Å². The Hall–Kier alpha value is -2.53. The molecule has 5 heteroatoms. The Labute approximate surface area is 190 Å². The van der Waals surface area contributed by atoms with Crippen LogP contribution in [0.4, 0.5) is 0 Å². The molecule has 0 aromatic heterocycles. The first-order valence-electron chi connectivity index (χ1n) is 11.1. The van der Waals surface area contributed by atoms with Crippen molar-refractivity contribution in [3.63, 3.8) is 0 Å². The quantitative estimate of drug-likeness (QED) is 0.318. The molecule has 4 nitrogen and oxygen atoms in total. The van der Waals surface area contributed by atoms with Crippen LogP contribution < -0.4 is 4.74 Å². The summed E-state index contributed by atoms with van der Waals surface area (Å²) in [6, 6.07) is 16.2. The molecule has 0 spiro atoms. The Bertz CT molecular complexity index is 935. The first-order chi connectivity index (χ1) is 15.1. The van der Waals surface area contributed by atoms with Crippen LogP contribution in [0.2, 0.25) is 0 Å². The normalized spacial score (nSPS) is 16.5. The summed E-state index contributed by atoms with van der Waals surface area (Å²) in [5, 5.41) is 0.838. The fourth-order valence-electron chi connectivity index (χ4n) is 3.17. The molecule has 2 aromatic rings. The summed E-state index contributed by atoms with van der Waals surface area (Å²) in [4.78, 5) is 20.3. The van der Waals surface area contributed by atoms with E-state index >= 15 is 0 Å². The van der Waals surface area contributed by atoms with Gasteiger partial charge in [-0.2, -0.15) is 0 Å². The number of nitrogens with zero attached hydrogens (tertiary/aromatic N) is 2. The van der Waals surface area contributed by atoms with Gasteiger partial charge in [0.15, 0.2) is 5.17 Å². The smallest absolute Gasteiger partial charge is 0.266 e. The van der Waals surface area contributed by atoms with Gasteiger partial charge in [0, 0.05) is 13.1 Å². The molecule has 31 heavy (non-hydrogen) atoms. The van der Waals surface area contributed by atoms with E-state index in [1.165, 1.54) is 17.3 Å². The van der Waals surface area contributed by atoms with Crippen LogP contribution in [-0.4, -0.2) is 29.1 Å². The third-order valence-electron chi connectivity index (χ3n) is 5.06. The first-order valence-corrected chi connectivity index (χ1v) is 12.0. The summed E-state index contributed by atoms with van der Waals surface area (Å²) in [6.07, 6.45) is 6.12. The summed E-state index contributed by atoms with van der Waals surface area (Å²) in [6.45, 7) is 8.39. The summed E-state index contributed by atoms with van der Waals surface area (Å²) < 4.78 is 5.97. The Morgan fingerprint density at radius 2 is 1.84 bits per heavy atom. The topological polar surface area (TPSA) is 41.9 Å². The number of rotatable bonds is 10. The summed E-state index contributed by atoms with van der Waals surface area (Å²) in [5.74, 6) is 0.852. The van der Waals surface area contributed by atoms with Gasteiger partial charge in [0.1, 0.15) is 12.4 Å². The average molecular weight is 437 g/mol. The van der Waals surface area contributed by atoms with Crippen molar-refractivity contribution in [1.29, 1.82) is 0 Å². The number of carbonyl (C=O) groups excluding carboxylic acids is 1. The van der Waals surface area contributed by atoms with E-state index in [4.69, 9.17) is 9.73 Å². The van der Waals surface area contributed by atoms with Gasteiger partial charge in [-0.05, 0) is 60.9 Å². The van der Waals surface area contributed by atoms with Gasteiger partial charge < -0.3 is 4.74 Å². The maximum absolute atomic E-state index is 13.0. The van der Waals surface area contributed by atoms with Gasteiger partial charge in [-0.15, -0.1) is 0 Å². The molecule has 1 aliphatic heterocycles.